The summed E-state index contributed by atoms with van der Waals surface area (Å²) in [5.74, 6) is 1.73. The molecule has 1 N–H and O–H groups in total. The Bertz CT molecular complexity index is 1920. The molecule has 43 heavy (non-hydrogen) atoms. The largest absolute Gasteiger partial charge is 0.508 e. The first-order valence-corrected chi connectivity index (χ1v) is 14.1. The highest BCUT2D eigenvalue weighted by molar-refractivity contribution is 5.90. The molecule has 4 aromatic carbocycles. The smallest absolute Gasteiger partial charge is 0.312 e. The molecule has 0 saturated carbocycles. The molecule has 2 aliphatic heterocycles. The average molecular weight is 577 g/mol. The second-order valence-electron chi connectivity index (χ2n) is 10.7. The summed E-state index contributed by atoms with van der Waals surface area (Å²) in [5.41, 5.74) is 4.95. The maximum Gasteiger partial charge on any atom is 0.312 e. The predicted octanol–water partition coefficient (Wildman–Crippen LogP) is 6.17. The van der Waals surface area contributed by atoms with E-state index in [0.29, 0.717) is 57.9 Å². The molecule has 216 valence electrons. The number of benzene rings is 4. The quantitative estimate of drug-likeness (QED) is 0.181. The molecule has 0 saturated heterocycles. The Morgan fingerprint density at radius 2 is 1.77 bits per heavy atom. The molecule has 0 amide bonds. The fraction of sp³-hybridized carbons (Fsp3) is 0.200. The van der Waals surface area contributed by atoms with Crippen molar-refractivity contribution in [2.24, 2.45) is 0 Å². The van der Waals surface area contributed by atoms with Crippen LogP contribution in [-0.4, -0.2) is 31.4 Å². The molecular weight excluding hydrogens is 548 g/mol. The zero-order chi connectivity index (χ0) is 29.5. The van der Waals surface area contributed by atoms with Gasteiger partial charge < -0.3 is 28.5 Å². The molecular formula is C35H28O8. The van der Waals surface area contributed by atoms with Gasteiger partial charge in [-0.2, -0.15) is 0 Å². The lowest BCUT2D eigenvalue weighted by molar-refractivity contribution is -0.135. The number of methoxy groups -OCH3 is 1. The Kier molecular flexibility index (Phi) is 6.74. The van der Waals surface area contributed by atoms with E-state index >= 15 is 0 Å². The van der Waals surface area contributed by atoms with E-state index in [2.05, 4.69) is 12.1 Å². The molecule has 2 aliphatic rings. The van der Waals surface area contributed by atoms with Crippen molar-refractivity contribution in [2.45, 2.75) is 25.2 Å². The standard InChI is InChI=1S/C35H28O8/c1-39-29-10-5-22(17-31(29)41-14-12-20-2-9-28-23(16-20)13-15-40-28)26-18-32(37)43-30-11-8-25-34(38)27(19-42-35(25)33(26)30)21-3-6-24(36)7-4-21/h2-11,16-17,19,26,36H,12-15,18H2,1H3/t26-/m0/s1. The first-order chi connectivity index (χ1) is 21.0. The van der Waals surface area contributed by atoms with Crippen molar-refractivity contribution in [3.8, 4) is 39.9 Å². The van der Waals surface area contributed by atoms with Crippen LogP contribution in [0, 0.1) is 0 Å². The summed E-state index contributed by atoms with van der Waals surface area (Å²) in [6.07, 6.45) is 3.10. The Morgan fingerprint density at radius 1 is 0.930 bits per heavy atom. The van der Waals surface area contributed by atoms with Gasteiger partial charge in [0, 0.05) is 24.3 Å². The van der Waals surface area contributed by atoms with Gasteiger partial charge >= 0.3 is 5.97 Å². The van der Waals surface area contributed by atoms with E-state index in [0.717, 1.165) is 29.9 Å². The summed E-state index contributed by atoms with van der Waals surface area (Å²) in [4.78, 5) is 26.3. The molecule has 8 nitrogen and oxygen atoms in total. The minimum absolute atomic E-state index is 0.0680. The number of hydrogen-bond donors (Lipinski definition) is 1. The number of phenols is 1. The summed E-state index contributed by atoms with van der Waals surface area (Å²) in [5, 5.41) is 10.0. The third kappa shape index (κ3) is 4.95. The van der Waals surface area contributed by atoms with Gasteiger partial charge in [-0.1, -0.05) is 30.3 Å². The van der Waals surface area contributed by atoms with Gasteiger partial charge in [-0.3, -0.25) is 9.59 Å². The van der Waals surface area contributed by atoms with Crippen molar-refractivity contribution in [1.29, 1.82) is 0 Å². The highest BCUT2D eigenvalue weighted by Crippen LogP contribution is 2.44. The van der Waals surface area contributed by atoms with Crippen molar-refractivity contribution >= 4 is 16.9 Å². The Morgan fingerprint density at radius 3 is 2.60 bits per heavy atom. The predicted molar refractivity (Wildman–Crippen MR) is 160 cm³/mol. The number of carbonyl (C=O) groups excluding carboxylic acids is 1. The Labute approximate surface area is 247 Å². The average Bonchev–Trinajstić information content (AvgIpc) is 3.49. The molecule has 7 rings (SSSR count). The number of ether oxygens (including phenoxy) is 4. The van der Waals surface area contributed by atoms with Gasteiger partial charge in [-0.25, -0.2) is 0 Å². The molecule has 3 heterocycles. The third-order valence-electron chi connectivity index (χ3n) is 8.05. The zero-order valence-corrected chi connectivity index (χ0v) is 23.4. The fourth-order valence-electron chi connectivity index (χ4n) is 5.88. The number of rotatable bonds is 7. The summed E-state index contributed by atoms with van der Waals surface area (Å²) < 4.78 is 29.1. The topological polar surface area (TPSA) is 104 Å². The van der Waals surface area contributed by atoms with Gasteiger partial charge in [0.15, 0.2) is 11.5 Å². The Hall–Kier alpha value is -5.24. The first kappa shape index (κ1) is 26.6. The summed E-state index contributed by atoms with van der Waals surface area (Å²) in [6, 6.07) is 21.4. The van der Waals surface area contributed by atoms with Crippen LogP contribution in [0.3, 0.4) is 0 Å². The van der Waals surface area contributed by atoms with Crippen LogP contribution in [0.4, 0.5) is 0 Å². The number of hydrogen-bond acceptors (Lipinski definition) is 8. The highest BCUT2D eigenvalue weighted by atomic mass is 16.5. The van der Waals surface area contributed by atoms with Crippen LogP contribution in [0.25, 0.3) is 22.1 Å². The van der Waals surface area contributed by atoms with Crippen molar-refractivity contribution < 1.29 is 33.3 Å². The first-order valence-electron chi connectivity index (χ1n) is 14.1. The van der Waals surface area contributed by atoms with Crippen molar-refractivity contribution in [3.63, 3.8) is 0 Å². The molecule has 1 atom stereocenters. The van der Waals surface area contributed by atoms with Crippen molar-refractivity contribution in [3.05, 3.63) is 112 Å². The van der Waals surface area contributed by atoms with E-state index in [1.54, 1.807) is 31.4 Å². The number of aromatic hydroxyl groups is 1. The summed E-state index contributed by atoms with van der Waals surface area (Å²) >= 11 is 0. The van der Waals surface area contributed by atoms with E-state index in [1.807, 2.05) is 24.3 Å². The Balaban J connectivity index is 1.22. The van der Waals surface area contributed by atoms with Crippen LogP contribution in [0.15, 0.2) is 88.3 Å². The maximum atomic E-state index is 13.6. The van der Waals surface area contributed by atoms with E-state index < -0.39 is 5.92 Å². The molecule has 1 aromatic heterocycles. The molecule has 0 aliphatic carbocycles. The molecule has 8 heteroatoms. The minimum Gasteiger partial charge on any atom is -0.508 e. The van der Waals surface area contributed by atoms with E-state index in [1.165, 1.54) is 24.0 Å². The second-order valence-corrected chi connectivity index (χ2v) is 10.7. The van der Waals surface area contributed by atoms with Crippen molar-refractivity contribution in [1.82, 2.24) is 0 Å². The second kappa shape index (κ2) is 10.9. The molecule has 0 unspecified atom stereocenters. The SMILES string of the molecule is COc1ccc([C@@H]2CC(=O)Oc3ccc4c(=O)c(-c5ccc(O)cc5)coc4c32)cc1OCCc1ccc2c(c1)CCO2. The van der Waals surface area contributed by atoms with Crippen LogP contribution in [0.5, 0.6) is 28.7 Å². The van der Waals surface area contributed by atoms with Crippen LogP contribution < -0.4 is 24.4 Å². The van der Waals surface area contributed by atoms with Crippen molar-refractivity contribution in [2.75, 3.05) is 20.3 Å². The van der Waals surface area contributed by atoms with Gasteiger partial charge in [0.1, 0.15) is 29.1 Å². The number of esters is 1. The molecule has 5 aromatic rings. The van der Waals surface area contributed by atoms with E-state index in [9.17, 15) is 14.7 Å². The molecule has 0 spiro atoms. The number of fused-ring (bicyclic) bond motifs is 4. The fourth-order valence-corrected chi connectivity index (χ4v) is 5.88. The van der Waals surface area contributed by atoms with E-state index in [4.69, 9.17) is 23.4 Å². The van der Waals surface area contributed by atoms with Crippen LogP contribution >= 0.6 is 0 Å². The monoisotopic (exact) mass is 576 g/mol. The van der Waals surface area contributed by atoms with E-state index in [-0.39, 0.29) is 23.6 Å². The zero-order valence-electron chi connectivity index (χ0n) is 23.4. The number of carbonyl (C=O) groups is 1. The van der Waals surface area contributed by atoms with Crippen LogP contribution in [-0.2, 0) is 17.6 Å². The van der Waals surface area contributed by atoms with Gasteiger partial charge in [-0.15, -0.1) is 0 Å². The summed E-state index contributed by atoms with van der Waals surface area (Å²) in [6.45, 7) is 1.15. The molecule has 0 bridgehead atoms. The molecule has 0 fully saturated rings. The number of phenolic OH excluding ortho intramolecular Hbond substituents is 1. The summed E-state index contributed by atoms with van der Waals surface area (Å²) in [7, 11) is 1.59. The van der Waals surface area contributed by atoms with Gasteiger partial charge in [-0.05, 0) is 64.7 Å². The minimum atomic E-state index is -0.437. The normalized spacial score (nSPS) is 15.4. The lowest BCUT2D eigenvalue weighted by atomic mass is 9.85. The van der Waals surface area contributed by atoms with Gasteiger partial charge in [0.25, 0.3) is 0 Å². The highest BCUT2D eigenvalue weighted by Gasteiger charge is 2.33. The molecule has 0 radical (unpaired) electrons. The van der Waals surface area contributed by atoms with Gasteiger partial charge in [0.05, 0.1) is 37.7 Å². The lowest BCUT2D eigenvalue weighted by Gasteiger charge is -2.26. The lowest BCUT2D eigenvalue weighted by Crippen LogP contribution is -2.22. The van der Waals surface area contributed by atoms with Crippen LogP contribution in [0.1, 0.15) is 34.6 Å². The maximum absolute atomic E-state index is 13.6. The van der Waals surface area contributed by atoms with Crippen LogP contribution in [0.2, 0.25) is 0 Å². The van der Waals surface area contributed by atoms with Gasteiger partial charge in [0.2, 0.25) is 5.43 Å². The third-order valence-corrected chi connectivity index (χ3v) is 8.05.